The normalized spacial score (nSPS) is 15.9. The Morgan fingerprint density at radius 3 is 2.05 bits per heavy atom. The van der Waals surface area contributed by atoms with Crippen molar-refractivity contribution in [2.75, 3.05) is 0 Å². The number of hydrogen-bond donors (Lipinski definition) is 1. The molecule has 120 valence electrons. The van der Waals surface area contributed by atoms with E-state index in [4.69, 9.17) is 5.11 Å². The zero-order valence-electron chi connectivity index (χ0n) is 14.8. The zero-order valence-corrected chi connectivity index (χ0v) is 14.8. The molecule has 20 heavy (non-hydrogen) atoms. The Bertz CT molecular complexity index is 292. The lowest BCUT2D eigenvalue weighted by Gasteiger charge is -2.35. The summed E-state index contributed by atoms with van der Waals surface area (Å²) in [6, 6.07) is 0. The van der Waals surface area contributed by atoms with Crippen LogP contribution in [0.4, 0.5) is 0 Å². The molecule has 0 rings (SSSR count). The smallest absolute Gasteiger partial charge is 0.303 e. The quantitative estimate of drug-likeness (QED) is 0.554. The van der Waals surface area contributed by atoms with E-state index < -0.39 is 5.97 Å². The van der Waals surface area contributed by atoms with E-state index in [1.807, 2.05) is 0 Å². The molecule has 2 heteroatoms. The van der Waals surface area contributed by atoms with Gasteiger partial charge in [0.1, 0.15) is 0 Å². The molecule has 2 unspecified atom stereocenters. The molecule has 0 aliphatic heterocycles. The minimum atomic E-state index is -0.684. The molecule has 0 radical (unpaired) electrons. The van der Waals surface area contributed by atoms with Gasteiger partial charge in [0.05, 0.1) is 6.42 Å². The van der Waals surface area contributed by atoms with Crippen LogP contribution in [0.2, 0.25) is 0 Å². The average molecular weight is 284 g/mol. The van der Waals surface area contributed by atoms with Crippen LogP contribution in [-0.4, -0.2) is 11.1 Å². The maximum absolute atomic E-state index is 10.9. The van der Waals surface area contributed by atoms with Gasteiger partial charge in [-0.05, 0) is 41.9 Å². The molecule has 0 amide bonds. The van der Waals surface area contributed by atoms with Gasteiger partial charge in [-0.1, -0.05) is 61.3 Å². The van der Waals surface area contributed by atoms with Gasteiger partial charge in [-0.3, -0.25) is 4.79 Å². The lowest BCUT2D eigenvalue weighted by molar-refractivity contribution is -0.139. The Morgan fingerprint density at radius 1 is 1.05 bits per heavy atom. The van der Waals surface area contributed by atoms with Gasteiger partial charge in [-0.2, -0.15) is 0 Å². The van der Waals surface area contributed by atoms with Crippen LogP contribution < -0.4 is 0 Å². The fraction of sp³-hybridized carbons (Fsp3) is 0.944. The van der Waals surface area contributed by atoms with Gasteiger partial charge >= 0.3 is 5.97 Å². The number of rotatable bonds is 10. The van der Waals surface area contributed by atoms with Crippen molar-refractivity contribution in [1.82, 2.24) is 0 Å². The highest BCUT2D eigenvalue weighted by molar-refractivity contribution is 5.67. The summed E-state index contributed by atoms with van der Waals surface area (Å²) in [5.74, 6) is 0.902. The predicted molar refractivity (Wildman–Crippen MR) is 86.9 cm³/mol. The number of aliphatic carboxylic acids is 1. The van der Waals surface area contributed by atoms with E-state index in [0.29, 0.717) is 0 Å². The van der Waals surface area contributed by atoms with Crippen LogP contribution in [0.3, 0.4) is 0 Å². The number of carbonyl (C=O) groups is 1. The van der Waals surface area contributed by atoms with Crippen LogP contribution in [-0.2, 0) is 4.79 Å². The maximum Gasteiger partial charge on any atom is 0.303 e. The van der Waals surface area contributed by atoms with Crippen LogP contribution in [0.25, 0.3) is 0 Å². The Kier molecular flexibility index (Phi) is 7.83. The molecule has 0 bridgehead atoms. The molecule has 0 aromatic heterocycles. The molecule has 0 aliphatic rings. The summed E-state index contributed by atoms with van der Waals surface area (Å²) < 4.78 is 0. The third kappa shape index (κ3) is 9.39. The van der Waals surface area contributed by atoms with Crippen molar-refractivity contribution in [2.24, 2.45) is 22.7 Å². The number of carboxylic acid groups (broad SMARTS) is 1. The van der Waals surface area contributed by atoms with E-state index in [0.717, 1.165) is 18.3 Å². The van der Waals surface area contributed by atoms with Gasteiger partial charge in [-0.15, -0.1) is 0 Å². The largest absolute Gasteiger partial charge is 0.481 e. The summed E-state index contributed by atoms with van der Waals surface area (Å²) in [6.07, 6.45) is 6.25. The van der Waals surface area contributed by atoms with Gasteiger partial charge in [0.25, 0.3) is 0 Å². The van der Waals surface area contributed by atoms with Crippen molar-refractivity contribution in [1.29, 1.82) is 0 Å². The Balaban J connectivity index is 4.27. The van der Waals surface area contributed by atoms with Crippen molar-refractivity contribution in [2.45, 2.75) is 87.0 Å². The Morgan fingerprint density at radius 2 is 1.60 bits per heavy atom. The summed E-state index contributed by atoms with van der Waals surface area (Å²) in [6.45, 7) is 15.7. The highest BCUT2D eigenvalue weighted by atomic mass is 16.4. The molecular formula is C18H36O2. The molecule has 0 aromatic carbocycles. The van der Waals surface area contributed by atoms with E-state index in [2.05, 4.69) is 48.5 Å². The van der Waals surface area contributed by atoms with Crippen LogP contribution in [0.5, 0.6) is 0 Å². The highest BCUT2D eigenvalue weighted by Crippen LogP contribution is 2.40. The average Bonchev–Trinajstić information content (AvgIpc) is 2.22. The number of hydrogen-bond acceptors (Lipinski definition) is 1. The summed E-state index contributed by atoms with van der Waals surface area (Å²) in [5.41, 5.74) is 0.109. The van der Waals surface area contributed by atoms with Crippen LogP contribution in [0.1, 0.15) is 87.0 Å². The molecule has 0 aliphatic carbocycles. The topological polar surface area (TPSA) is 37.3 Å². The van der Waals surface area contributed by atoms with Crippen LogP contribution in [0.15, 0.2) is 0 Å². The van der Waals surface area contributed by atoms with Gasteiger partial charge in [0.15, 0.2) is 0 Å². The molecular weight excluding hydrogens is 248 g/mol. The molecule has 0 saturated heterocycles. The van der Waals surface area contributed by atoms with Crippen molar-refractivity contribution < 1.29 is 9.90 Å². The minimum absolute atomic E-state index is 0.116. The zero-order chi connectivity index (χ0) is 16.0. The molecule has 0 heterocycles. The standard InChI is InChI=1S/C18H36O2/c1-8-14(2)11-15(3)9-10-17(4,5)13-18(6,7)12-16(19)20/h14-15H,8-13H2,1-7H3,(H,19,20). The minimum Gasteiger partial charge on any atom is -0.481 e. The lowest BCUT2D eigenvalue weighted by Crippen LogP contribution is -2.26. The first-order valence-corrected chi connectivity index (χ1v) is 8.19. The van der Waals surface area contributed by atoms with Gasteiger partial charge in [0, 0.05) is 0 Å². The van der Waals surface area contributed by atoms with Gasteiger partial charge in [-0.25, -0.2) is 0 Å². The predicted octanol–water partition coefficient (Wildman–Crippen LogP) is 5.76. The maximum atomic E-state index is 10.9. The molecule has 0 spiro atoms. The second-order valence-corrected chi connectivity index (χ2v) is 8.47. The lowest BCUT2D eigenvalue weighted by atomic mass is 9.70. The van der Waals surface area contributed by atoms with E-state index in [9.17, 15) is 4.79 Å². The van der Waals surface area contributed by atoms with Crippen molar-refractivity contribution >= 4 is 5.97 Å². The summed E-state index contributed by atoms with van der Waals surface area (Å²) >= 11 is 0. The van der Waals surface area contributed by atoms with Gasteiger partial charge in [0.2, 0.25) is 0 Å². The van der Waals surface area contributed by atoms with Crippen LogP contribution in [0, 0.1) is 22.7 Å². The molecule has 2 atom stereocenters. The van der Waals surface area contributed by atoms with Gasteiger partial charge < -0.3 is 5.11 Å². The first kappa shape index (κ1) is 19.5. The summed E-state index contributed by atoms with van der Waals surface area (Å²) in [4.78, 5) is 10.9. The third-order valence-corrected chi connectivity index (χ3v) is 4.40. The van der Waals surface area contributed by atoms with Crippen molar-refractivity contribution in [3.05, 3.63) is 0 Å². The first-order valence-electron chi connectivity index (χ1n) is 8.19. The molecule has 0 fully saturated rings. The third-order valence-electron chi connectivity index (χ3n) is 4.40. The van der Waals surface area contributed by atoms with E-state index >= 15 is 0 Å². The second-order valence-electron chi connectivity index (χ2n) is 8.47. The van der Waals surface area contributed by atoms with Crippen molar-refractivity contribution in [3.8, 4) is 0 Å². The summed E-state index contributed by atoms with van der Waals surface area (Å²) in [5, 5.41) is 8.99. The van der Waals surface area contributed by atoms with E-state index in [1.54, 1.807) is 0 Å². The molecule has 0 saturated carbocycles. The molecule has 0 aromatic rings. The SMILES string of the molecule is CCC(C)CC(C)CCC(C)(C)CC(C)(C)CC(=O)O. The fourth-order valence-electron chi connectivity index (χ4n) is 3.46. The van der Waals surface area contributed by atoms with Crippen molar-refractivity contribution in [3.63, 3.8) is 0 Å². The van der Waals surface area contributed by atoms with E-state index in [1.165, 1.54) is 25.7 Å². The van der Waals surface area contributed by atoms with E-state index in [-0.39, 0.29) is 17.3 Å². The number of carboxylic acids is 1. The first-order chi connectivity index (χ1) is 8.97. The second kappa shape index (κ2) is 8.05. The fourth-order valence-corrected chi connectivity index (χ4v) is 3.46. The highest BCUT2D eigenvalue weighted by Gasteiger charge is 2.30. The summed E-state index contributed by atoms with van der Waals surface area (Å²) in [7, 11) is 0. The Labute approximate surface area is 126 Å². The monoisotopic (exact) mass is 284 g/mol. The van der Waals surface area contributed by atoms with Crippen LogP contribution >= 0.6 is 0 Å². The molecule has 1 N–H and O–H groups in total. The Hall–Kier alpha value is -0.530. The molecule has 2 nitrogen and oxygen atoms in total.